The molecule has 1 N–H and O–H groups in total. The molecule has 0 spiro atoms. The van der Waals surface area contributed by atoms with E-state index >= 15 is 0 Å². The molecular formula is C19H20F5N3O4S. The van der Waals surface area contributed by atoms with Crippen molar-refractivity contribution >= 4 is 16.0 Å². The van der Waals surface area contributed by atoms with Gasteiger partial charge in [0.2, 0.25) is 10.0 Å². The number of halogens is 5. The van der Waals surface area contributed by atoms with Crippen LogP contribution in [-0.4, -0.2) is 40.6 Å². The van der Waals surface area contributed by atoms with Crippen LogP contribution in [0.5, 0.6) is 0 Å². The Morgan fingerprint density at radius 2 is 1.91 bits per heavy atom. The van der Waals surface area contributed by atoms with Crippen LogP contribution in [0.2, 0.25) is 0 Å². The summed E-state index contributed by atoms with van der Waals surface area (Å²) in [4.78, 5) is 9.35. The fourth-order valence-electron chi connectivity index (χ4n) is 3.92. The molecule has 1 atom stereocenters. The summed E-state index contributed by atoms with van der Waals surface area (Å²) in [6, 6.07) is -0.985. The molecule has 0 fully saturated rings. The molecule has 176 valence electrons. The third kappa shape index (κ3) is 3.87. The van der Waals surface area contributed by atoms with Crippen LogP contribution in [0.1, 0.15) is 48.2 Å². The monoisotopic (exact) mass is 481 g/mol. The lowest BCUT2D eigenvalue weighted by Crippen LogP contribution is -2.35. The molecular weight excluding hydrogens is 461 g/mol. The number of alkyl halides is 2. The third-order valence-corrected chi connectivity index (χ3v) is 7.41. The number of hydrogen-bond acceptors (Lipinski definition) is 4. The molecule has 0 aliphatic heterocycles. The van der Waals surface area contributed by atoms with Gasteiger partial charge in [0.05, 0.1) is 17.8 Å². The van der Waals surface area contributed by atoms with Crippen LogP contribution in [-0.2, 0) is 33.7 Å². The van der Waals surface area contributed by atoms with E-state index in [1.807, 2.05) is 0 Å². The van der Waals surface area contributed by atoms with Crippen molar-refractivity contribution in [1.29, 1.82) is 0 Å². The highest BCUT2D eigenvalue weighted by Crippen LogP contribution is 2.41. The number of aliphatic carboxylic acids is 1. The molecule has 0 radical (unpaired) electrons. The summed E-state index contributed by atoms with van der Waals surface area (Å²) >= 11 is 0. The fraction of sp³-hybridized carbons (Fsp3) is 0.474. The lowest BCUT2D eigenvalue weighted by molar-refractivity contribution is -0.137. The molecule has 32 heavy (non-hydrogen) atoms. The van der Waals surface area contributed by atoms with Gasteiger partial charge < -0.3 is 5.11 Å². The quantitative estimate of drug-likeness (QED) is 0.638. The van der Waals surface area contributed by atoms with E-state index in [-0.39, 0.29) is 13.3 Å². The first-order chi connectivity index (χ1) is 14.7. The topological polar surface area (TPSA) is 92.5 Å². The maximum absolute atomic E-state index is 14.9. The van der Waals surface area contributed by atoms with Crippen LogP contribution in [0.15, 0.2) is 11.1 Å². The molecule has 1 aromatic carbocycles. The van der Waals surface area contributed by atoms with Gasteiger partial charge in [0.1, 0.15) is 12.4 Å². The number of rotatable bonds is 6. The number of carboxylic acid groups (broad SMARTS) is 1. The lowest BCUT2D eigenvalue weighted by Gasteiger charge is -2.31. The lowest BCUT2D eigenvalue weighted by atomic mass is 9.93. The summed E-state index contributed by atoms with van der Waals surface area (Å²) in [7, 11) is -4.03. The first-order valence-corrected chi connectivity index (χ1v) is 10.9. The molecule has 0 saturated carbocycles. The fourth-order valence-corrected chi connectivity index (χ4v) is 5.47. The van der Waals surface area contributed by atoms with E-state index in [9.17, 15) is 35.2 Å². The molecule has 1 aliphatic rings. The zero-order chi connectivity index (χ0) is 24.2. The van der Waals surface area contributed by atoms with E-state index in [0.717, 1.165) is 14.0 Å². The van der Waals surface area contributed by atoms with Crippen molar-refractivity contribution in [2.75, 3.05) is 7.05 Å². The van der Waals surface area contributed by atoms with E-state index in [0.29, 0.717) is 28.4 Å². The first kappa shape index (κ1) is 24.1. The number of nitrogens with zero attached hydrogens (tertiary/aromatic N) is 3. The van der Waals surface area contributed by atoms with Gasteiger partial charge in [-0.3, -0.25) is 9.48 Å². The summed E-state index contributed by atoms with van der Waals surface area (Å²) in [5.74, 6) is -11.1. The highest BCUT2D eigenvalue weighted by Gasteiger charge is 2.43. The summed E-state index contributed by atoms with van der Waals surface area (Å²) < 4.78 is 99.7. The molecule has 3 rings (SSSR count). The van der Waals surface area contributed by atoms with E-state index in [1.165, 1.54) is 10.9 Å². The van der Waals surface area contributed by atoms with Gasteiger partial charge >= 0.3 is 5.97 Å². The maximum Gasteiger partial charge on any atom is 0.325 e. The van der Waals surface area contributed by atoms with Crippen LogP contribution in [0.4, 0.5) is 22.0 Å². The van der Waals surface area contributed by atoms with Crippen molar-refractivity contribution in [3.05, 3.63) is 46.0 Å². The van der Waals surface area contributed by atoms with Gasteiger partial charge in [0.15, 0.2) is 16.5 Å². The van der Waals surface area contributed by atoms with Crippen LogP contribution < -0.4 is 0 Å². The minimum absolute atomic E-state index is 0.177. The van der Waals surface area contributed by atoms with E-state index in [1.54, 1.807) is 0 Å². The van der Waals surface area contributed by atoms with Crippen molar-refractivity contribution in [2.45, 2.75) is 56.5 Å². The van der Waals surface area contributed by atoms with Gasteiger partial charge in [-0.05, 0) is 26.2 Å². The Kier molecular flexibility index (Phi) is 6.11. The number of carbonyl (C=O) groups is 1. The average molecular weight is 481 g/mol. The van der Waals surface area contributed by atoms with Gasteiger partial charge in [-0.1, -0.05) is 0 Å². The SMILES string of the molecule is Cc1c(F)c(C(C)(F)F)c(F)c(S(=O)(=O)N(C)C2CCCc3c2cnn3CC(=O)O)c1F. The largest absolute Gasteiger partial charge is 0.480 e. The van der Waals surface area contributed by atoms with Gasteiger partial charge in [0.25, 0.3) is 5.92 Å². The minimum atomic E-state index is -5.05. The van der Waals surface area contributed by atoms with Gasteiger partial charge in [-0.2, -0.15) is 9.40 Å². The Balaban J connectivity index is 2.14. The minimum Gasteiger partial charge on any atom is -0.480 e. The summed E-state index contributed by atoms with van der Waals surface area (Å²) in [6.45, 7) is 0.455. The number of hydrogen-bond donors (Lipinski definition) is 1. The van der Waals surface area contributed by atoms with Crippen LogP contribution in [0.25, 0.3) is 0 Å². The second-order valence-electron chi connectivity index (χ2n) is 7.69. The number of fused-ring (bicyclic) bond motifs is 1. The first-order valence-electron chi connectivity index (χ1n) is 9.49. The Morgan fingerprint density at radius 1 is 1.28 bits per heavy atom. The Morgan fingerprint density at radius 3 is 2.47 bits per heavy atom. The molecule has 0 bridgehead atoms. The standard InChI is InChI=1S/C19H20F5N3O4S/c1-9-15(20)14(19(2,23)24)17(22)18(16(9)21)32(30,31)26(3)11-5-4-6-12-10(11)7-25-27(12)8-13(28)29/h7,11H,4-6,8H2,1-3H3,(H,28,29). The van der Waals surface area contributed by atoms with Gasteiger partial charge in [-0.25, -0.2) is 30.4 Å². The van der Waals surface area contributed by atoms with E-state index in [4.69, 9.17) is 5.11 Å². The number of sulfonamides is 1. The summed E-state index contributed by atoms with van der Waals surface area (Å²) in [5, 5.41) is 12.9. The number of carboxylic acids is 1. The van der Waals surface area contributed by atoms with Crippen molar-refractivity contribution in [2.24, 2.45) is 0 Å². The zero-order valence-corrected chi connectivity index (χ0v) is 18.1. The third-order valence-electron chi connectivity index (χ3n) is 5.53. The molecule has 1 aromatic heterocycles. The van der Waals surface area contributed by atoms with Crippen molar-refractivity contribution in [3.63, 3.8) is 0 Å². The van der Waals surface area contributed by atoms with Crippen LogP contribution >= 0.6 is 0 Å². The molecule has 1 heterocycles. The Hall–Kier alpha value is -2.54. The highest BCUT2D eigenvalue weighted by atomic mass is 32.2. The smallest absolute Gasteiger partial charge is 0.325 e. The predicted molar refractivity (Wildman–Crippen MR) is 101 cm³/mol. The molecule has 1 aliphatic carbocycles. The zero-order valence-electron chi connectivity index (χ0n) is 17.3. The van der Waals surface area contributed by atoms with Gasteiger partial charge in [-0.15, -0.1) is 0 Å². The molecule has 0 saturated heterocycles. The second kappa shape index (κ2) is 8.10. The van der Waals surface area contributed by atoms with Crippen LogP contribution in [0.3, 0.4) is 0 Å². The van der Waals surface area contributed by atoms with Crippen molar-refractivity contribution in [1.82, 2.24) is 14.1 Å². The maximum atomic E-state index is 14.9. The summed E-state index contributed by atoms with van der Waals surface area (Å²) in [5.41, 5.74) is -2.09. The summed E-state index contributed by atoms with van der Waals surface area (Å²) in [6.07, 6.45) is 2.29. The Labute approximate surface area is 180 Å². The molecule has 7 nitrogen and oxygen atoms in total. The van der Waals surface area contributed by atoms with E-state index < -0.39 is 68.0 Å². The average Bonchev–Trinajstić information content (AvgIpc) is 3.06. The number of benzene rings is 1. The molecule has 0 amide bonds. The molecule has 13 heteroatoms. The second-order valence-corrected chi connectivity index (χ2v) is 9.62. The van der Waals surface area contributed by atoms with Gasteiger partial charge in [0, 0.05) is 30.8 Å². The van der Waals surface area contributed by atoms with E-state index in [2.05, 4.69) is 5.10 Å². The molecule has 2 aromatic rings. The van der Waals surface area contributed by atoms with Crippen LogP contribution in [0, 0.1) is 24.4 Å². The normalized spacial score (nSPS) is 17.0. The predicted octanol–water partition coefficient (Wildman–Crippen LogP) is 3.50. The molecule has 1 unspecified atom stereocenters. The van der Waals surface area contributed by atoms with Crippen molar-refractivity contribution in [3.8, 4) is 0 Å². The number of aromatic nitrogens is 2. The Bertz CT molecular complexity index is 1190. The highest BCUT2D eigenvalue weighted by molar-refractivity contribution is 7.89. The van der Waals surface area contributed by atoms with Crippen molar-refractivity contribution < 1.29 is 40.3 Å².